The van der Waals surface area contributed by atoms with E-state index in [4.69, 9.17) is 10.8 Å². The maximum atomic E-state index is 11.7. The van der Waals surface area contributed by atoms with Gasteiger partial charge in [0.15, 0.2) is 6.10 Å². The molecule has 2 unspecified atom stereocenters. The van der Waals surface area contributed by atoms with Crippen molar-refractivity contribution in [1.29, 1.82) is 0 Å². The molecule has 0 radical (unpaired) electrons. The van der Waals surface area contributed by atoms with E-state index in [0.717, 1.165) is 0 Å². The Labute approximate surface area is 63.2 Å². The van der Waals surface area contributed by atoms with Crippen LogP contribution < -0.4 is 5.73 Å². The highest BCUT2D eigenvalue weighted by Gasteiger charge is 2.42. The molecule has 0 rings (SSSR count). The summed E-state index contributed by atoms with van der Waals surface area (Å²) in [6.07, 6.45) is -7.02. The van der Waals surface area contributed by atoms with Crippen LogP contribution in [0.1, 0.15) is 13.8 Å². The number of rotatable bonds is 2. The average Bonchev–Trinajstić information content (AvgIpc) is 1.82. The van der Waals surface area contributed by atoms with Crippen LogP contribution in [0.2, 0.25) is 0 Å². The fraction of sp³-hybridized carbons (Fsp3) is 1.00. The zero-order chi connectivity index (χ0) is 9.23. The van der Waals surface area contributed by atoms with Crippen molar-refractivity contribution in [2.75, 3.05) is 0 Å². The minimum absolute atomic E-state index is 0.383. The third-order valence-electron chi connectivity index (χ3n) is 1.47. The molecule has 0 spiro atoms. The fourth-order valence-corrected chi connectivity index (χ4v) is 0.583. The van der Waals surface area contributed by atoms with Gasteiger partial charge in [0.05, 0.1) is 0 Å². The highest BCUT2D eigenvalue weighted by molar-refractivity contribution is 4.80. The summed E-state index contributed by atoms with van der Waals surface area (Å²) in [6.45, 7) is 3.05. The summed E-state index contributed by atoms with van der Waals surface area (Å²) in [6, 6.07) is -1.24. The number of hydrogen-bond donors (Lipinski definition) is 2. The lowest BCUT2D eigenvalue weighted by Crippen LogP contribution is -2.47. The van der Waals surface area contributed by atoms with Gasteiger partial charge in [-0.2, -0.15) is 13.2 Å². The van der Waals surface area contributed by atoms with Crippen molar-refractivity contribution < 1.29 is 18.3 Å². The largest absolute Gasteiger partial charge is 0.415 e. The van der Waals surface area contributed by atoms with Crippen LogP contribution in [0, 0.1) is 5.92 Å². The van der Waals surface area contributed by atoms with Gasteiger partial charge in [0, 0.05) is 6.04 Å². The van der Waals surface area contributed by atoms with Crippen molar-refractivity contribution in [3.8, 4) is 0 Å². The summed E-state index contributed by atoms with van der Waals surface area (Å²) < 4.78 is 35.2. The van der Waals surface area contributed by atoms with E-state index in [9.17, 15) is 13.2 Å². The van der Waals surface area contributed by atoms with Gasteiger partial charge in [0.1, 0.15) is 0 Å². The molecule has 2 nitrogen and oxygen atoms in total. The Balaban J connectivity index is 4.13. The van der Waals surface area contributed by atoms with Crippen molar-refractivity contribution in [3.63, 3.8) is 0 Å². The summed E-state index contributed by atoms with van der Waals surface area (Å²) in [7, 11) is 0. The van der Waals surface area contributed by atoms with Crippen LogP contribution in [0.15, 0.2) is 0 Å². The van der Waals surface area contributed by atoms with E-state index in [1.165, 1.54) is 13.8 Å². The summed E-state index contributed by atoms with van der Waals surface area (Å²) in [5.74, 6) is -0.383. The molecule has 0 aliphatic heterocycles. The first-order valence-electron chi connectivity index (χ1n) is 3.27. The first kappa shape index (κ1) is 10.7. The normalized spacial score (nSPS) is 18.5. The van der Waals surface area contributed by atoms with Crippen LogP contribution in [0.25, 0.3) is 0 Å². The predicted octanol–water partition coefficient (Wildman–Crippen LogP) is 0.893. The van der Waals surface area contributed by atoms with Crippen molar-refractivity contribution in [3.05, 3.63) is 0 Å². The van der Waals surface area contributed by atoms with Crippen LogP contribution in [-0.4, -0.2) is 23.4 Å². The van der Waals surface area contributed by atoms with Crippen molar-refractivity contribution >= 4 is 0 Å². The molecule has 0 saturated heterocycles. The SMILES string of the molecule is CC(C)C(N)C(O)C(F)(F)F. The molecular formula is C6H12F3NO. The van der Waals surface area contributed by atoms with Crippen molar-refractivity contribution in [2.45, 2.75) is 32.2 Å². The van der Waals surface area contributed by atoms with Gasteiger partial charge in [-0.15, -0.1) is 0 Å². The van der Waals surface area contributed by atoms with Crippen LogP contribution >= 0.6 is 0 Å². The molecule has 0 saturated carbocycles. The zero-order valence-corrected chi connectivity index (χ0v) is 6.39. The van der Waals surface area contributed by atoms with Crippen molar-refractivity contribution in [1.82, 2.24) is 0 Å². The number of aliphatic hydroxyl groups is 1. The van der Waals surface area contributed by atoms with Gasteiger partial charge >= 0.3 is 6.18 Å². The number of aliphatic hydroxyl groups excluding tert-OH is 1. The highest BCUT2D eigenvalue weighted by Crippen LogP contribution is 2.23. The zero-order valence-electron chi connectivity index (χ0n) is 6.39. The molecule has 0 heterocycles. The second-order valence-electron chi connectivity index (χ2n) is 2.81. The fourth-order valence-electron chi connectivity index (χ4n) is 0.583. The van der Waals surface area contributed by atoms with E-state index in [1.807, 2.05) is 0 Å². The lowest BCUT2D eigenvalue weighted by atomic mass is 9.99. The molecule has 0 aliphatic rings. The smallest absolute Gasteiger partial charge is 0.382 e. The van der Waals surface area contributed by atoms with E-state index in [-0.39, 0.29) is 5.92 Å². The van der Waals surface area contributed by atoms with Crippen LogP contribution in [0.3, 0.4) is 0 Å². The molecule has 0 aromatic carbocycles. The first-order chi connectivity index (χ1) is 4.76. The van der Waals surface area contributed by atoms with Gasteiger partial charge in [0.2, 0.25) is 0 Å². The maximum Gasteiger partial charge on any atom is 0.415 e. The molecule has 2 atom stereocenters. The Hall–Kier alpha value is -0.290. The molecule has 5 heteroatoms. The number of halogens is 3. The Morgan fingerprint density at radius 3 is 1.73 bits per heavy atom. The summed E-state index contributed by atoms with van der Waals surface area (Å²) in [5.41, 5.74) is 5.08. The lowest BCUT2D eigenvalue weighted by molar-refractivity contribution is -0.212. The molecule has 0 fully saturated rings. The Bertz CT molecular complexity index is 123. The van der Waals surface area contributed by atoms with E-state index in [1.54, 1.807) is 0 Å². The third kappa shape index (κ3) is 3.07. The van der Waals surface area contributed by atoms with Gasteiger partial charge in [-0.3, -0.25) is 0 Å². The van der Waals surface area contributed by atoms with Crippen LogP contribution in [-0.2, 0) is 0 Å². The van der Waals surface area contributed by atoms with Gasteiger partial charge < -0.3 is 10.8 Å². The molecule has 3 N–H and O–H groups in total. The average molecular weight is 171 g/mol. The number of nitrogens with two attached hydrogens (primary N) is 1. The highest BCUT2D eigenvalue weighted by atomic mass is 19.4. The molecule has 0 aliphatic carbocycles. The Morgan fingerprint density at radius 2 is 1.64 bits per heavy atom. The minimum Gasteiger partial charge on any atom is -0.382 e. The van der Waals surface area contributed by atoms with Gasteiger partial charge in [-0.1, -0.05) is 13.8 Å². The lowest BCUT2D eigenvalue weighted by Gasteiger charge is -2.23. The monoisotopic (exact) mass is 171 g/mol. The van der Waals surface area contributed by atoms with Crippen LogP contribution in [0.4, 0.5) is 13.2 Å². The van der Waals surface area contributed by atoms with E-state index >= 15 is 0 Å². The second-order valence-corrected chi connectivity index (χ2v) is 2.81. The quantitative estimate of drug-likeness (QED) is 0.648. The standard InChI is InChI=1S/C6H12F3NO/c1-3(2)4(10)5(11)6(7,8)9/h3-5,11H,10H2,1-2H3. The topological polar surface area (TPSA) is 46.2 Å². The van der Waals surface area contributed by atoms with Gasteiger partial charge in [-0.05, 0) is 5.92 Å². The molecule has 11 heavy (non-hydrogen) atoms. The summed E-state index contributed by atoms with van der Waals surface area (Å²) in [5, 5.41) is 8.57. The summed E-state index contributed by atoms with van der Waals surface area (Å²) in [4.78, 5) is 0. The molecule has 0 aromatic heterocycles. The first-order valence-corrected chi connectivity index (χ1v) is 3.27. The van der Waals surface area contributed by atoms with Gasteiger partial charge in [-0.25, -0.2) is 0 Å². The maximum absolute atomic E-state index is 11.7. The molecular weight excluding hydrogens is 159 g/mol. The third-order valence-corrected chi connectivity index (χ3v) is 1.47. The molecule has 0 aromatic rings. The van der Waals surface area contributed by atoms with E-state index < -0.39 is 18.3 Å². The Morgan fingerprint density at radius 1 is 1.27 bits per heavy atom. The number of alkyl halides is 3. The summed E-state index contributed by atoms with van der Waals surface area (Å²) >= 11 is 0. The Kier molecular flexibility index (Phi) is 3.31. The predicted molar refractivity (Wildman–Crippen MR) is 34.9 cm³/mol. The second kappa shape index (κ2) is 3.40. The number of hydrogen-bond acceptors (Lipinski definition) is 2. The van der Waals surface area contributed by atoms with E-state index in [0.29, 0.717) is 0 Å². The molecule has 0 bridgehead atoms. The van der Waals surface area contributed by atoms with E-state index in [2.05, 4.69) is 0 Å². The minimum atomic E-state index is -4.61. The molecule has 68 valence electrons. The van der Waals surface area contributed by atoms with Crippen molar-refractivity contribution in [2.24, 2.45) is 11.7 Å². The molecule has 0 amide bonds. The van der Waals surface area contributed by atoms with Crippen LogP contribution in [0.5, 0.6) is 0 Å². The van der Waals surface area contributed by atoms with Gasteiger partial charge in [0.25, 0.3) is 0 Å².